The number of aromatic amines is 1. The summed E-state index contributed by atoms with van der Waals surface area (Å²) in [5.41, 5.74) is 6.11. The Hall–Kier alpha value is -1.56. The van der Waals surface area contributed by atoms with Gasteiger partial charge in [0.15, 0.2) is 5.82 Å². The van der Waals surface area contributed by atoms with Gasteiger partial charge in [0.2, 0.25) is 11.7 Å². The van der Waals surface area contributed by atoms with E-state index >= 15 is 0 Å². The Morgan fingerprint density at radius 2 is 2.31 bits per heavy atom. The molecule has 0 bridgehead atoms. The molecule has 2 heterocycles. The van der Waals surface area contributed by atoms with E-state index in [1.165, 1.54) is 6.33 Å². The fourth-order valence-corrected chi connectivity index (χ4v) is 0.885. The summed E-state index contributed by atoms with van der Waals surface area (Å²) in [6.45, 7) is 1.71. The molecule has 13 heavy (non-hydrogen) atoms. The van der Waals surface area contributed by atoms with E-state index in [9.17, 15) is 0 Å². The summed E-state index contributed by atoms with van der Waals surface area (Å²) in [5.74, 6) is 1.30. The molecule has 7 heteroatoms. The van der Waals surface area contributed by atoms with Crippen molar-refractivity contribution >= 4 is 18.2 Å². The molecule has 2 rings (SSSR count). The molecule has 0 radical (unpaired) electrons. The van der Waals surface area contributed by atoms with Crippen LogP contribution in [0, 0.1) is 6.92 Å². The molecule has 0 aliphatic heterocycles. The molecule has 0 saturated heterocycles. The molecule has 0 saturated carbocycles. The molecule has 0 aliphatic carbocycles. The molecule has 2 aromatic heterocycles. The SMILES string of the molecule is Cc1nc(-c2[nH]cnc2N)no1.Cl. The number of hydrogen-bond acceptors (Lipinski definition) is 5. The summed E-state index contributed by atoms with van der Waals surface area (Å²) in [6.07, 6.45) is 1.48. The Morgan fingerprint density at radius 3 is 2.77 bits per heavy atom. The molecule has 0 amide bonds. The van der Waals surface area contributed by atoms with Crippen LogP contribution in [-0.4, -0.2) is 20.1 Å². The highest BCUT2D eigenvalue weighted by Crippen LogP contribution is 2.17. The number of imidazole rings is 1. The Kier molecular flexibility index (Phi) is 2.52. The lowest BCUT2D eigenvalue weighted by Crippen LogP contribution is -1.89. The van der Waals surface area contributed by atoms with Gasteiger partial charge >= 0.3 is 0 Å². The molecule has 0 fully saturated rings. The molecule has 0 atom stereocenters. The first-order chi connectivity index (χ1) is 5.77. The molecule has 70 valence electrons. The Labute approximate surface area is 80.0 Å². The van der Waals surface area contributed by atoms with Crippen molar-refractivity contribution in [3.8, 4) is 11.5 Å². The van der Waals surface area contributed by atoms with Gasteiger partial charge in [-0.3, -0.25) is 0 Å². The number of nitrogens with two attached hydrogens (primary N) is 1. The van der Waals surface area contributed by atoms with Crippen LogP contribution in [0.3, 0.4) is 0 Å². The molecule has 3 N–H and O–H groups in total. The van der Waals surface area contributed by atoms with Crippen LogP contribution in [0.2, 0.25) is 0 Å². The van der Waals surface area contributed by atoms with E-state index in [1.54, 1.807) is 6.92 Å². The maximum Gasteiger partial charge on any atom is 0.223 e. The summed E-state index contributed by atoms with van der Waals surface area (Å²) in [6, 6.07) is 0. The maximum absolute atomic E-state index is 5.52. The maximum atomic E-state index is 5.52. The van der Waals surface area contributed by atoms with Crippen molar-refractivity contribution < 1.29 is 4.52 Å². The zero-order chi connectivity index (χ0) is 8.55. The van der Waals surface area contributed by atoms with E-state index in [0.717, 1.165) is 0 Å². The van der Waals surface area contributed by atoms with Gasteiger partial charge in [0.1, 0.15) is 5.69 Å². The highest BCUT2D eigenvalue weighted by Gasteiger charge is 2.10. The Morgan fingerprint density at radius 1 is 1.54 bits per heavy atom. The van der Waals surface area contributed by atoms with Gasteiger partial charge in [0.05, 0.1) is 6.33 Å². The molecule has 0 aliphatic rings. The van der Waals surface area contributed by atoms with Crippen LogP contribution in [0.4, 0.5) is 5.82 Å². The average Bonchev–Trinajstić information content (AvgIpc) is 2.58. The number of aromatic nitrogens is 4. The van der Waals surface area contributed by atoms with Gasteiger partial charge in [-0.15, -0.1) is 12.4 Å². The van der Waals surface area contributed by atoms with E-state index in [4.69, 9.17) is 10.3 Å². The third-order valence-corrected chi connectivity index (χ3v) is 1.42. The fraction of sp³-hybridized carbons (Fsp3) is 0.167. The minimum absolute atomic E-state index is 0. The van der Waals surface area contributed by atoms with E-state index < -0.39 is 0 Å². The van der Waals surface area contributed by atoms with Crippen LogP contribution in [0.1, 0.15) is 5.89 Å². The van der Waals surface area contributed by atoms with Crippen molar-refractivity contribution in [3.05, 3.63) is 12.2 Å². The highest BCUT2D eigenvalue weighted by molar-refractivity contribution is 5.85. The fourth-order valence-electron chi connectivity index (χ4n) is 0.885. The number of nitrogen functional groups attached to an aromatic ring is 1. The van der Waals surface area contributed by atoms with Gasteiger partial charge in [0.25, 0.3) is 0 Å². The van der Waals surface area contributed by atoms with Crippen molar-refractivity contribution in [1.82, 2.24) is 20.1 Å². The summed E-state index contributed by atoms with van der Waals surface area (Å²) in [5, 5.41) is 3.68. The topological polar surface area (TPSA) is 93.6 Å². The quantitative estimate of drug-likeness (QED) is 0.711. The monoisotopic (exact) mass is 201 g/mol. The van der Waals surface area contributed by atoms with Crippen LogP contribution in [0.25, 0.3) is 11.5 Å². The molecule has 6 nitrogen and oxygen atoms in total. The van der Waals surface area contributed by atoms with Crippen molar-refractivity contribution in [1.29, 1.82) is 0 Å². The molecule has 2 aromatic rings. The van der Waals surface area contributed by atoms with Crippen molar-refractivity contribution in [2.75, 3.05) is 5.73 Å². The Balaban J connectivity index is 0.000000845. The third kappa shape index (κ3) is 1.62. The number of hydrogen-bond donors (Lipinski definition) is 2. The van der Waals surface area contributed by atoms with Crippen LogP contribution >= 0.6 is 12.4 Å². The molecular weight excluding hydrogens is 194 g/mol. The first-order valence-electron chi connectivity index (χ1n) is 3.37. The summed E-state index contributed by atoms with van der Waals surface area (Å²) < 4.78 is 4.78. The third-order valence-electron chi connectivity index (χ3n) is 1.42. The lowest BCUT2D eigenvalue weighted by atomic mass is 10.4. The normalized spacial score (nSPS) is 9.62. The smallest absolute Gasteiger partial charge is 0.223 e. The zero-order valence-electron chi connectivity index (χ0n) is 6.81. The van der Waals surface area contributed by atoms with Gasteiger partial charge in [0, 0.05) is 6.92 Å². The number of H-pyrrole nitrogens is 1. The molecule has 0 unspecified atom stereocenters. The predicted octanol–water partition coefficient (Wildman–Crippen LogP) is 0.772. The van der Waals surface area contributed by atoms with Crippen molar-refractivity contribution in [3.63, 3.8) is 0 Å². The van der Waals surface area contributed by atoms with Gasteiger partial charge in [-0.05, 0) is 0 Å². The second-order valence-corrected chi connectivity index (χ2v) is 2.30. The van der Waals surface area contributed by atoms with Crippen LogP contribution in [-0.2, 0) is 0 Å². The van der Waals surface area contributed by atoms with E-state index in [1.807, 2.05) is 0 Å². The van der Waals surface area contributed by atoms with E-state index in [0.29, 0.717) is 23.2 Å². The predicted molar refractivity (Wildman–Crippen MR) is 48.3 cm³/mol. The molecule has 0 spiro atoms. The van der Waals surface area contributed by atoms with Gasteiger partial charge in [-0.2, -0.15) is 4.98 Å². The number of rotatable bonds is 1. The minimum atomic E-state index is 0. The highest BCUT2D eigenvalue weighted by atomic mass is 35.5. The van der Waals surface area contributed by atoms with Gasteiger partial charge in [-0.1, -0.05) is 5.16 Å². The van der Waals surface area contributed by atoms with Crippen LogP contribution in [0.15, 0.2) is 10.9 Å². The Bertz CT molecular complexity index is 395. The number of halogens is 1. The first-order valence-corrected chi connectivity index (χ1v) is 3.37. The first kappa shape index (κ1) is 9.53. The van der Waals surface area contributed by atoms with E-state index in [2.05, 4.69) is 20.1 Å². The number of aryl methyl sites for hydroxylation is 1. The van der Waals surface area contributed by atoms with Crippen LogP contribution in [0.5, 0.6) is 0 Å². The van der Waals surface area contributed by atoms with E-state index in [-0.39, 0.29) is 12.4 Å². The molecule has 0 aromatic carbocycles. The summed E-state index contributed by atoms with van der Waals surface area (Å²) in [4.78, 5) is 10.6. The second-order valence-electron chi connectivity index (χ2n) is 2.30. The number of nitrogens with zero attached hydrogens (tertiary/aromatic N) is 3. The second kappa shape index (κ2) is 3.44. The lowest BCUT2D eigenvalue weighted by molar-refractivity contribution is 0.394. The number of nitrogens with one attached hydrogen (secondary N) is 1. The molecular formula is C6H8ClN5O. The number of anilines is 1. The summed E-state index contributed by atoms with van der Waals surface area (Å²) in [7, 11) is 0. The zero-order valence-corrected chi connectivity index (χ0v) is 7.63. The lowest BCUT2D eigenvalue weighted by Gasteiger charge is -1.87. The van der Waals surface area contributed by atoms with Crippen molar-refractivity contribution in [2.24, 2.45) is 0 Å². The average molecular weight is 202 g/mol. The minimum Gasteiger partial charge on any atom is -0.382 e. The summed E-state index contributed by atoms with van der Waals surface area (Å²) >= 11 is 0. The van der Waals surface area contributed by atoms with Gasteiger partial charge < -0.3 is 15.2 Å². The van der Waals surface area contributed by atoms with Crippen LogP contribution < -0.4 is 5.73 Å². The van der Waals surface area contributed by atoms with Crippen molar-refractivity contribution in [2.45, 2.75) is 6.92 Å². The largest absolute Gasteiger partial charge is 0.382 e. The standard InChI is InChI=1S/C6H7N5O.ClH/c1-3-10-6(11-12-3)4-5(7)9-2-8-4;/h2H,7H2,1H3,(H,8,9);1H. The van der Waals surface area contributed by atoms with Gasteiger partial charge in [-0.25, -0.2) is 4.98 Å².